The molecule has 1 aromatic heterocycles. The average Bonchev–Trinajstić information content (AvgIpc) is 2.31. The summed E-state index contributed by atoms with van der Waals surface area (Å²) in [7, 11) is 0. The molecule has 0 aliphatic carbocycles. The summed E-state index contributed by atoms with van der Waals surface area (Å²) in [5, 5.41) is 6.39. The van der Waals surface area contributed by atoms with E-state index < -0.39 is 5.76 Å². The fourth-order valence-electron chi connectivity index (χ4n) is 0.560. The van der Waals surface area contributed by atoms with Gasteiger partial charge in [-0.3, -0.25) is 0 Å². The molecule has 0 atom stereocenters. The molecule has 0 saturated carbocycles. The maximum atomic E-state index is 10.4. The number of aromatic nitrogens is 2. The Morgan fingerprint density at radius 3 is 2.91 bits per heavy atom. The minimum atomic E-state index is -0.482. The first-order valence-electron chi connectivity index (χ1n) is 3.34. The molecular formula is C6H10N2O2S. The summed E-state index contributed by atoms with van der Waals surface area (Å²) >= 11 is 1.68. The molecule has 1 N–H and O–H groups in total. The monoisotopic (exact) mass is 174 g/mol. The third-order valence-corrected chi connectivity index (χ3v) is 2.10. The van der Waals surface area contributed by atoms with Gasteiger partial charge in [-0.25, -0.2) is 9.89 Å². The zero-order valence-corrected chi connectivity index (χ0v) is 7.27. The normalized spacial score (nSPS) is 10.8. The molecule has 0 amide bonds. The quantitative estimate of drug-likeness (QED) is 0.742. The summed E-state index contributed by atoms with van der Waals surface area (Å²) in [6.07, 6.45) is 0. The number of hydrogen-bond acceptors (Lipinski definition) is 4. The lowest BCUT2D eigenvalue weighted by Gasteiger charge is -1.98. The highest BCUT2D eigenvalue weighted by Crippen LogP contribution is 2.13. The van der Waals surface area contributed by atoms with Crippen LogP contribution in [-0.4, -0.2) is 15.4 Å². The van der Waals surface area contributed by atoms with Crippen molar-refractivity contribution in [2.45, 2.75) is 24.9 Å². The maximum Gasteiger partial charge on any atom is 0.434 e. The number of rotatable bonds is 3. The number of H-pyrrole nitrogens is 1. The van der Waals surface area contributed by atoms with Crippen LogP contribution < -0.4 is 5.76 Å². The van der Waals surface area contributed by atoms with E-state index >= 15 is 0 Å². The second-order valence-corrected chi connectivity index (χ2v) is 3.93. The van der Waals surface area contributed by atoms with Crippen LogP contribution in [0, 0.1) is 0 Å². The topological polar surface area (TPSA) is 58.9 Å². The van der Waals surface area contributed by atoms with Crippen molar-refractivity contribution in [3.8, 4) is 0 Å². The molecular weight excluding hydrogens is 164 g/mol. The van der Waals surface area contributed by atoms with E-state index in [2.05, 4.69) is 24.0 Å². The number of nitrogens with zero attached hydrogens (tertiary/aromatic N) is 1. The number of hydrogen-bond donors (Lipinski definition) is 1. The van der Waals surface area contributed by atoms with Crippen molar-refractivity contribution in [3.63, 3.8) is 0 Å². The van der Waals surface area contributed by atoms with Crippen molar-refractivity contribution in [2.24, 2.45) is 0 Å². The third kappa shape index (κ3) is 2.80. The van der Waals surface area contributed by atoms with E-state index in [-0.39, 0.29) is 0 Å². The van der Waals surface area contributed by atoms with Crippen LogP contribution in [0.2, 0.25) is 0 Å². The zero-order valence-electron chi connectivity index (χ0n) is 6.46. The molecule has 62 valence electrons. The van der Waals surface area contributed by atoms with Crippen LogP contribution in [-0.2, 0) is 5.75 Å². The van der Waals surface area contributed by atoms with Crippen LogP contribution in [0.3, 0.4) is 0 Å². The molecule has 1 aromatic rings. The van der Waals surface area contributed by atoms with Crippen LogP contribution in [0.4, 0.5) is 0 Å². The molecule has 1 heterocycles. The molecule has 1 rings (SSSR count). The molecule has 0 fully saturated rings. The lowest BCUT2D eigenvalue weighted by atomic mass is 10.6. The van der Waals surface area contributed by atoms with Gasteiger partial charge in [0.25, 0.3) is 0 Å². The first-order valence-corrected chi connectivity index (χ1v) is 4.39. The van der Waals surface area contributed by atoms with Crippen molar-refractivity contribution in [2.75, 3.05) is 0 Å². The van der Waals surface area contributed by atoms with E-state index in [4.69, 9.17) is 4.42 Å². The first kappa shape index (κ1) is 8.39. The van der Waals surface area contributed by atoms with E-state index in [1.807, 2.05) is 0 Å². The van der Waals surface area contributed by atoms with Gasteiger partial charge in [-0.05, 0) is 5.25 Å². The summed E-state index contributed by atoms with van der Waals surface area (Å²) in [6.45, 7) is 4.16. The van der Waals surface area contributed by atoms with Crippen LogP contribution in [0.15, 0.2) is 9.21 Å². The highest BCUT2D eigenvalue weighted by atomic mass is 32.2. The Hall–Kier alpha value is -0.710. The molecule has 0 aliphatic rings. The standard InChI is InChI=1S/C6H10N2O2S/c1-4(2)11-3-5-7-8-6(9)10-5/h4H,3H2,1-2H3,(H,8,9). The Morgan fingerprint density at radius 1 is 1.73 bits per heavy atom. The van der Waals surface area contributed by atoms with Crippen molar-refractivity contribution in [1.82, 2.24) is 10.2 Å². The Balaban J connectivity index is 2.45. The molecule has 5 heteroatoms. The van der Waals surface area contributed by atoms with Crippen LogP contribution in [0.25, 0.3) is 0 Å². The van der Waals surface area contributed by atoms with Crippen LogP contribution in [0.1, 0.15) is 19.7 Å². The van der Waals surface area contributed by atoms with Gasteiger partial charge in [0.15, 0.2) is 0 Å². The van der Waals surface area contributed by atoms with E-state index in [1.54, 1.807) is 11.8 Å². The van der Waals surface area contributed by atoms with Gasteiger partial charge in [0, 0.05) is 0 Å². The van der Waals surface area contributed by atoms with Crippen molar-refractivity contribution in [3.05, 3.63) is 16.4 Å². The van der Waals surface area contributed by atoms with Gasteiger partial charge >= 0.3 is 5.76 Å². The number of nitrogens with one attached hydrogen (secondary N) is 1. The van der Waals surface area contributed by atoms with Crippen molar-refractivity contribution < 1.29 is 4.42 Å². The molecule has 0 radical (unpaired) electrons. The highest BCUT2D eigenvalue weighted by Gasteiger charge is 2.02. The third-order valence-electron chi connectivity index (χ3n) is 1.02. The van der Waals surface area contributed by atoms with E-state index in [1.165, 1.54) is 0 Å². The molecule has 0 aromatic carbocycles. The molecule has 11 heavy (non-hydrogen) atoms. The maximum absolute atomic E-state index is 10.4. The lowest BCUT2D eigenvalue weighted by molar-refractivity contribution is 0.479. The van der Waals surface area contributed by atoms with Gasteiger partial charge in [-0.15, -0.1) is 16.9 Å². The summed E-state index contributed by atoms with van der Waals surface area (Å²) in [5.41, 5.74) is 0. The summed E-state index contributed by atoms with van der Waals surface area (Å²) < 4.78 is 4.69. The molecule has 0 spiro atoms. The summed E-state index contributed by atoms with van der Waals surface area (Å²) in [4.78, 5) is 10.4. The van der Waals surface area contributed by atoms with E-state index in [0.29, 0.717) is 16.9 Å². The van der Waals surface area contributed by atoms with Crippen molar-refractivity contribution in [1.29, 1.82) is 0 Å². The fraction of sp³-hybridized carbons (Fsp3) is 0.667. The van der Waals surface area contributed by atoms with Gasteiger partial charge in [-0.2, -0.15) is 0 Å². The predicted octanol–water partition coefficient (Wildman–Crippen LogP) is 1.00. The summed E-state index contributed by atoms with van der Waals surface area (Å²) in [6, 6.07) is 0. The predicted molar refractivity (Wildman–Crippen MR) is 43.6 cm³/mol. The SMILES string of the molecule is CC(C)SCc1n[nH]c(=O)o1. The van der Waals surface area contributed by atoms with Gasteiger partial charge in [0.2, 0.25) is 5.89 Å². The minimum Gasteiger partial charge on any atom is -0.392 e. The highest BCUT2D eigenvalue weighted by molar-refractivity contribution is 7.99. The molecule has 0 bridgehead atoms. The van der Waals surface area contributed by atoms with Crippen LogP contribution in [0.5, 0.6) is 0 Å². The Bertz CT molecular complexity index is 266. The van der Waals surface area contributed by atoms with E-state index in [0.717, 1.165) is 0 Å². The second kappa shape index (κ2) is 3.61. The smallest absolute Gasteiger partial charge is 0.392 e. The lowest BCUT2D eigenvalue weighted by Crippen LogP contribution is -1.93. The molecule has 0 saturated heterocycles. The van der Waals surface area contributed by atoms with Gasteiger partial charge in [-0.1, -0.05) is 13.8 Å². The molecule has 0 unspecified atom stereocenters. The van der Waals surface area contributed by atoms with Gasteiger partial charge in [0.05, 0.1) is 5.75 Å². The zero-order chi connectivity index (χ0) is 8.27. The van der Waals surface area contributed by atoms with E-state index in [9.17, 15) is 4.79 Å². The molecule has 0 aliphatic heterocycles. The van der Waals surface area contributed by atoms with Crippen LogP contribution >= 0.6 is 11.8 Å². The van der Waals surface area contributed by atoms with Gasteiger partial charge in [0.1, 0.15) is 0 Å². The second-order valence-electron chi connectivity index (χ2n) is 2.37. The summed E-state index contributed by atoms with van der Waals surface area (Å²) in [5.74, 6) is 0.634. The minimum absolute atomic E-state index is 0.466. The number of aromatic amines is 1. The average molecular weight is 174 g/mol. The largest absolute Gasteiger partial charge is 0.434 e. The van der Waals surface area contributed by atoms with Gasteiger partial charge < -0.3 is 4.42 Å². The Labute approximate surface area is 68.4 Å². The Kier molecular flexibility index (Phi) is 2.76. The Morgan fingerprint density at radius 2 is 2.45 bits per heavy atom. The molecule has 4 nitrogen and oxygen atoms in total. The van der Waals surface area contributed by atoms with Crippen molar-refractivity contribution >= 4 is 11.8 Å². The number of thioether (sulfide) groups is 1. The first-order chi connectivity index (χ1) is 5.18. The fourth-order valence-corrected chi connectivity index (χ4v) is 1.16.